The molecule has 0 atom stereocenters. The third-order valence-electron chi connectivity index (χ3n) is 1.62. The number of halogens is 1. The van der Waals surface area contributed by atoms with Crippen LogP contribution >= 0.6 is 11.3 Å². The van der Waals surface area contributed by atoms with Crippen molar-refractivity contribution in [3.05, 3.63) is 18.2 Å². The number of fused-ring (bicyclic) bond motifs is 1. The van der Waals surface area contributed by atoms with E-state index >= 15 is 0 Å². The van der Waals surface area contributed by atoms with Gasteiger partial charge in [0, 0.05) is 0 Å². The summed E-state index contributed by atoms with van der Waals surface area (Å²) in [4.78, 5) is 4.16. The lowest BCUT2D eigenvalue weighted by atomic mass is 10.3. The molecule has 0 saturated heterocycles. The van der Waals surface area contributed by atoms with Crippen LogP contribution in [0.4, 0.5) is 5.13 Å². The van der Waals surface area contributed by atoms with Crippen molar-refractivity contribution in [1.29, 1.82) is 0 Å². The Hall–Kier alpha value is -1.16. The zero-order valence-corrected chi connectivity index (χ0v) is 10.2. The van der Waals surface area contributed by atoms with E-state index in [0.717, 1.165) is 16.0 Å². The van der Waals surface area contributed by atoms with Crippen molar-refractivity contribution < 1.29 is 33.6 Å². The van der Waals surface area contributed by atoms with E-state index in [1.165, 1.54) is 11.3 Å². The van der Waals surface area contributed by atoms with Crippen molar-refractivity contribution in [2.24, 2.45) is 0 Å². The molecule has 3 N–H and O–H groups in total. The first-order valence-electron chi connectivity index (χ1n) is 4.13. The minimum Gasteiger partial charge on any atom is -0.494 e. The molecule has 0 unspecified atom stereocenters. The normalized spacial score (nSPS) is 10.9. The number of nitrogen functional groups attached to an aromatic ring is 1. The number of hydrogen-bond donors (Lipinski definition) is 2. The van der Waals surface area contributed by atoms with Crippen molar-refractivity contribution in [1.82, 2.24) is 4.98 Å². The van der Waals surface area contributed by atoms with Gasteiger partial charge in [-0.3, -0.25) is 0 Å². The van der Waals surface area contributed by atoms with Gasteiger partial charge in [-0.15, -0.1) is 0 Å². The summed E-state index contributed by atoms with van der Waals surface area (Å²) >= 11 is 1.47. The molecule has 0 bridgehead atoms. The highest BCUT2D eigenvalue weighted by Crippen LogP contribution is 2.30. The summed E-state index contributed by atoms with van der Waals surface area (Å²) in [6.07, 6.45) is 0. The van der Waals surface area contributed by atoms with Crippen LogP contribution in [0, 0.1) is 10.2 Å². The molecular weight excluding hydrogens is 272 g/mol. The Kier molecular flexibility index (Phi) is 4.46. The molecule has 0 fully saturated rings. The fourth-order valence-electron chi connectivity index (χ4n) is 1.11. The predicted octanol–water partition coefficient (Wildman–Crippen LogP) is -2.24. The third-order valence-corrected chi connectivity index (χ3v) is 2.47. The standard InChI is InChI=1S/C8H8N2OS.ClHO4/c1-11-5-3-2-4-6-7(5)10-8(9)12-6;2-1(3,4)5/h2-4H,1H3,(H2,9,10);(H,2,3,4,5). The Morgan fingerprint density at radius 3 is 2.53 bits per heavy atom. The minimum absolute atomic E-state index is 0.578. The van der Waals surface area contributed by atoms with Crippen LogP contribution in [0.15, 0.2) is 18.2 Å². The number of benzene rings is 1. The van der Waals surface area contributed by atoms with Crippen molar-refractivity contribution in [3.8, 4) is 5.75 Å². The number of anilines is 1. The second kappa shape index (κ2) is 5.45. The van der Waals surface area contributed by atoms with Crippen LogP contribution in [-0.4, -0.2) is 16.8 Å². The van der Waals surface area contributed by atoms with Gasteiger partial charge in [0.05, 0.1) is 26.7 Å². The SMILES string of the molecule is COc1cccc2sc(N)nc12.[O-][Cl+3]([O-])([O-])O. The lowest BCUT2D eigenvalue weighted by Crippen LogP contribution is -2.58. The van der Waals surface area contributed by atoms with Gasteiger partial charge in [-0.25, -0.2) is 4.98 Å². The Bertz CT molecular complexity index is 492. The van der Waals surface area contributed by atoms with Crippen molar-refractivity contribution in [2.45, 2.75) is 0 Å². The van der Waals surface area contributed by atoms with Crippen LogP contribution in [0.1, 0.15) is 0 Å². The van der Waals surface area contributed by atoms with E-state index in [2.05, 4.69) is 4.98 Å². The first-order valence-corrected chi connectivity index (χ1v) is 6.21. The maximum Gasteiger partial charge on any atom is 0.181 e. The number of aromatic nitrogens is 1. The van der Waals surface area contributed by atoms with E-state index in [-0.39, 0.29) is 0 Å². The molecule has 1 heterocycles. The molecule has 17 heavy (non-hydrogen) atoms. The van der Waals surface area contributed by atoms with Gasteiger partial charge in [-0.05, 0) is 12.1 Å². The van der Waals surface area contributed by atoms with Gasteiger partial charge in [0.2, 0.25) is 0 Å². The number of thiazole rings is 1. The third kappa shape index (κ3) is 4.69. The summed E-state index contributed by atoms with van der Waals surface area (Å²) < 4.78 is 38.9. The van der Waals surface area contributed by atoms with Crippen LogP contribution in [0.2, 0.25) is 0 Å². The van der Waals surface area contributed by atoms with Crippen LogP contribution in [0.3, 0.4) is 0 Å². The summed E-state index contributed by atoms with van der Waals surface area (Å²) in [5, 5.41) is 0.578. The number of nitrogens with zero attached hydrogens (tertiary/aromatic N) is 1. The Morgan fingerprint density at radius 1 is 1.41 bits per heavy atom. The van der Waals surface area contributed by atoms with Crippen LogP contribution < -0.4 is 24.4 Å². The van der Waals surface area contributed by atoms with Gasteiger partial charge in [0.15, 0.2) is 5.13 Å². The van der Waals surface area contributed by atoms with E-state index in [4.69, 9.17) is 29.1 Å². The van der Waals surface area contributed by atoms with Gasteiger partial charge < -0.3 is 10.5 Å². The zero-order valence-electron chi connectivity index (χ0n) is 8.62. The second-order valence-corrected chi connectivity index (χ2v) is 4.61. The molecule has 0 amide bonds. The molecule has 0 aliphatic heterocycles. The van der Waals surface area contributed by atoms with Crippen LogP contribution in [0.25, 0.3) is 10.2 Å². The molecule has 2 rings (SSSR count). The van der Waals surface area contributed by atoms with E-state index in [9.17, 15) is 0 Å². The van der Waals surface area contributed by atoms with Crippen molar-refractivity contribution in [3.63, 3.8) is 0 Å². The summed E-state index contributed by atoms with van der Waals surface area (Å²) in [5.41, 5.74) is 6.42. The molecule has 0 aliphatic carbocycles. The lowest BCUT2D eigenvalue weighted by molar-refractivity contribution is -1.92. The quantitative estimate of drug-likeness (QED) is 0.602. The van der Waals surface area contributed by atoms with E-state index in [1.807, 2.05) is 18.2 Å². The Balaban J connectivity index is 0.000000249. The van der Waals surface area contributed by atoms with Gasteiger partial charge in [-0.1, -0.05) is 17.4 Å². The highest BCUT2D eigenvalue weighted by atomic mass is 35.7. The Morgan fingerprint density at radius 2 is 2.00 bits per heavy atom. The molecule has 7 nitrogen and oxygen atoms in total. The zero-order chi connectivity index (χ0) is 13.1. The van der Waals surface area contributed by atoms with Crippen molar-refractivity contribution >= 4 is 26.7 Å². The first kappa shape index (κ1) is 13.9. The van der Waals surface area contributed by atoms with Gasteiger partial charge in [-0.2, -0.15) is 14.0 Å². The molecule has 0 aliphatic rings. The largest absolute Gasteiger partial charge is 0.494 e. The smallest absolute Gasteiger partial charge is 0.181 e. The summed E-state index contributed by atoms with van der Waals surface area (Å²) in [6.45, 7) is 0. The second-order valence-electron chi connectivity index (χ2n) is 2.76. The van der Waals surface area contributed by atoms with Gasteiger partial charge in [0.1, 0.15) is 11.3 Å². The summed E-state index contributed by atoms with van der Waals surface area (Å²) in [5.74, 6) is 0.778. The highest BCUT2D eigenvalue weighted by Gasteiger charge is 2.04. The van der Waals surface area contributed by atoms with Gasteiger partial charge in [0.25, 0.3) is 0 Å². The number of ether oxygens (including phenoxy) is 1. The summed E-state index contributed by atoms with van der Waals surface area (Å²) in [7, 11) is -3.07. The summed E-state index contributed by atoms with van der Waals surface area (Å²) in [6, 6.07) is 5.78. The topological polar surface area (TPSA) is 138 Å². The molecule has 0 radical (unpaired) electrons. The fraction of sp³-hybridized carbons (Fsp3) is 0.125. The van der Waals surface area contributed by atoms with Crippen LogP contribution in [0.5, 0.6) is 5.75 Å². The minimum atomic E-state index is -4.69. The molecule has 0 spiro atoms. The first-order chi connectivity index (χ1) is 7.81. The van der Waals surface area contributed by atoms with E-state index in [0.29, 0.717) is 5.13 Å². The fourth-order valence-corrected chi connectivity index (χ4v) is 1.86. The monoisotopic (exact) mass is 280 g/mol. The van der Waals surface area contributed by atoms with Crippen molar-refractivity contribution in [2.75, 3.05) is 12.8 Å². The number of para-hydroxylation sites is 1. The van der Waals surface area contributed by atoms with E-state index in [1.54, 1.807) is 7.11 Å². The number of rotatable bonds is 1. The number of hydrogen-bond acceptors (Lipinski definition) is 8. The number of nitrogens with two attached hydrogens (primary N) is 1. The Labute approximate surface area is 102 Å². The lowest BCUT2D eigenvalue weighted by Gasteiger charge is -2.03. The maximum absolute atomic E-state index is 8.60. The average Bonchev–Trinajstić information content (AvgIpc) is 2.54. The molecule has 1 aromatic carbocycles. The highest BCUT2D eigenvalue weighted by molar-refractivity contribution is 7.22. The molecule has 9 heteroatoms. The average molecular weight is 281 g/mol. The molecule has 2 aromatic rings. The predicted molar refractivity (Wildman–Crippen MR) is 52.8 cm³/mol. The molecular formula is C8H9ClN2O5S. The number of methoxy groups -OCH3 is 1. The van der Waals surface area contributed by atoms with E-state index < -0.39 is 10.2 Å². The molecule has 94 valence electrons. The maximum atomic E-state index is 8.60. The molecule has 0 saturated carbocycles. The van der Waals surface area contributed by atoms with Crippen LogP contribution in [-0.2, 0) is 0 Å². The van der Waals surface area contributed by atoms with Gasteiger partial charge >= 0.3 is 0 Å². The molecule has 1 aromatic heterocycles.